The van der Waals surface area contributed by atoms with Crippen LogP contribution in [0.3, 0.4) is 0 Å². The topological polar surface area (TPSA) is 128 Å². The minimum absolute atomic E-state index is 0.219. The summed E-state index contributed by atoms with van der Waals surface area (Å²) >= 11 is 0. The molecule has 1 saturated heterocycles. The van der Waals surface area contributed by atoms with Gasteiger partial charge in [0.05, 0.1) is 12.2 Å². The fraction of sp³-hybridized carbons (Fsp3) is 0.367. The lowest BCUT2D eigenvalue weighted by molar-refractivity contribution is 0.0280. The molecule has 3 aromatic heterocycles. The molecule has 1 unspecified atom stereocenters. The molecular formula is C30H31N9O2. The Morgan fingerprint density at radius 3 is 2.56 bits per heavy atom. The number of aliphatic hydroxyl groups is 1. The Morgan fingerprint density at radius 1 is 1.12 bits per heavy atom. The molecule has 7 rings (SSSR count). The summed E-state index contributed by atoms with van der Waals surface area (Å²) in [5, 5.41) is 24.9. The molecule has 2 N–H and O–H groups in total. The van der Waals surface area contributed by atoms with Crippen molar-refractivity contribution in [2.45, 2.75) is 31.4 Å². The SMILES string of the molecule is C=CCn1c(=O)c2cnc(Nc3ccc(N4CCN(C)CC4)cc3)nc2n1-c1ccc2c(n1)C(O)(C#N)C1(CC1)C2. The Labute approximate surface area is 237 Å². The van der Waals surface area contributed by atoms with E-state index in [0.717, 1.165) is 50.3 Å². The molecule has 1 atom stereocenters. The number of likely N-dealkylation sites (N-methyl/N-ethyl adjacent to an activating group) is 1. The molecule has 2 aliphatic carbocycles. The lowest BCUT2D eigenvalue weighted by Gasteiger charge is -2.34. The Hall–Kier alpha value is -4.53. The van der Waals surface area contributed by atoms with Gasteiger partial charge in [0, 0.05) is 49.2 Å². The van der Waals surface area contributed by atoms with Gasteiger partial charge in [-0.2, -0.15) is 10.2 Å². The van der Waals surface area contributed by atoms with Crippen molar-refractivity contribution in [2.75, 3.05) is 43.4 Å². The maximum absolute atomic E-state index is 13.4. The van der Waals surface area contributed by atoms with Crippen LogP contribution in [0.25, 0.3) is 16.9 Å². The number of hydrogen-bond donors (Lipinski definition) is 2. The number of nitrogens with zero attached hydrogens (tertiary/aromatic N) is 8. The van der Waals surface area contributed by atoms with Crippen molar-refractivity contribution < 1.29 is 5.11 Å². The Morgan fingerprint density at radius 2 is 1.88 bits per heavy atom. The first-order valence-corrected chi connectivity index (χ1v) is 13.9. The van der Waals surface area contributed by atoms with Crippen LogP contribution < -0.4 is 15.8 Å². The third-order valence-corrected chi connectivity index (χ3v) is 8.80. The van der Waals surface area contributed by atoms with E-state index in [2.05, 4.69) is 51.9 Å². The van der Waals surface area contributed by atoms with Crippen LogP contribution in [0.1, 0.15) is 24.1 Å². The van der Waals surface area contributed by atoms with Gasteiger partial charge in [-0.3, -0.25) is 4.79 Å². The summed E-state index contributed by atoms with van der Waals surface area (Å²) in [5.41, 5.74) is 1.20. The van der Waals surface area contributed by atoms with E-state index in [1.807, 2.05) is 24.3 Å². The fourth-order valence-corrected chi connectivity index (χ4v) is 6.21. The van der Waals surface area contributed by atoms with E-state index >= 15 is 0 Å². The second-order valence-electron chi connectivity index (χ2n) is 11.3. The highest BCUT2D eigenvalue weighted by Crippen LogP contribution is 2.64. The van der Waals surface area contributed by atoms with Gasteiger partial charge in [-0.15, -0.1) is 6.58 Å². The molecule has 0 radical (unpaired) electrons. The molecule has 1 spiro atoms. The lowest BCUT2D eigenvalue weighted by atomic mass is 9.88. The number of piperazine rings is 1. The van der Waals surface area contributed by atoms with Crippen molar-refractivity contribution in [1.82, 2.24) is 29.2 Å². The van der Waals surface area contributed by atoms with Crippen molar-refractivity contribution in [3.63, 3.8) is 0 Å². The molecular weight excluding hydrogens is 518 g/mol. The molecule has 1 aliphatic heterocycles. The molecule has 11 nitrogen and oxygen atoms in total. The van der Waals surface area contributed by atoms with Gasteiger partial charge >= 0.3 is 0 Å². The Bertz CT molecular complexity index is 1770. The summed E-state index contributed by atoms with van der Waals surface area (Å²) in [6.45, 7) is 8.09. The molecule has 0 bridgehead atoms. The summed E-state index contributed by atoms with van der Waals surface area (Å²) in [4.78, 5) is 32.0. The van der Waals surface area contributed by atoms with E-state index in [9.17, 15) is 15.2 Å². The molecule has 4 aromatic rings. The monoisotopic (exact) mass is 549 g/mol. The molecule has 3 aliphatic rings. The predicted molar refractivity (Wildman–Crippen MR) is 155 cm³/mol. The quantitative estimate of drug-likeness (QED) is 0.276. The maximum Gasteiger partial charge on any atom is 0.278 e. The molecule has 11 heteroatoms. The lowest BCUT2D eigenvalue weighted by Crippen LogP contribution is -2.44. The summed E-state index contributed by atoms with van der Waals surface area (Å²) in [7, 11) is 2.14. The summed E-state index contributed by atoms with van der Waals surface area (Å²) in [6, 6.07) is 14.0. The van der Waals surface area contributed by atoms with Crippen LogP contribution in [-0.2, 0) is 18.6 Å². The maximum atomic E-state index is 13.4. The van der Waals surface area contributed by atoms with Crippen LogP contribution in [-0.4, -0.2) is 67.5 Å². The van der Waals surface area contributed by atoms with Crippen molar-refractivity contribution in [2.24, 2.45) is 5.41 Å². The van der Waals surface area contributed by atoms with Gasteiger partial charge in [0.25, 0.3) is 5.56 Å². The molecule has 1 aromatic carbocycles. The minimum Gasteiger partial charge on any atom is -0.370 e. The van der Waals surface area contributed by atoms with Crippen molar-refractivity contribution in [1.29, 1.82) is 5.26 Å². The van der Waals surface area contributed by atoms with Gasteiger partial charge in [0.15, 0.2) is 17.1 Å². The van der Waals surface area contributed by atoms with E-state index in [-0.39, 0.29) is 12.1 Å². The zero-order valence-corrected chi connectivity index (χ0v) is 22.9. The zero-order valence-electron chi connectivity index (χ0n) is 22.9. The summed E-state index contributed by atoms with van der Waals surface area (Å²) in [6.07, 6.45) is 5.34. The molecule has 4 heterocycles. The molecule has 2 fully saturated rings. The highest BCUT2D eigenvalue weighted by molar-refractivity contribution is 5.77. The van der Waals surface area contributed by atoms with Gasteiger partial charge in [-0.05, 0) is 62.2 Å². The predicted octanol–water partition coefficient (Wildman–Crippen LogP) is 2.71. The van der Waals surface area contributed by atoms with Crippen LogP contribution in [0.4, 0.5) is 17.3 Å². The van der Waals surface area contributed by atoms with Crippen LogP contribution in [0, 0.1) is 16.7 Å². The zero-order chi connectivity index (χ0) is 28.4. The number of nitriles is 1. The Balaban J connectivity index is 1.25. The Kier molecular flexibility index (Phi) is 5.74. The number of fused-ring (bicyclic) bond motifs is 2. The van der Waals surface area contributed by atoms with Crippen LogP contribution in [0.5, 0.6) is 0 Å². The van der Waals surface area contributed by atoms with Crippen LogP contribution >= 0.6 is 0 Å². The third kappa shape index (κ3) is 3.94. The number of nitrogens with one attached hydrogen (secondary N) is 1. The van der Waals surface area contributed by atoms with Gasteiger partial charge < -0.3 is 20.2 Å². The van der Waals surface area contributed by atoms with E-state index in [1.54, 1.807) is 10.8 Å². The summed E-state index contributed by atoms with van der Waals surface area (Å²) in [5.74, 6) is 0.728. The first-order chi connectivity index (χ1) is 19.9. The number of hydrogen-bond acceptors (Lipinski definition) is 9. The van der Waals surface area contributed by atoms with E-state index in [4.69, 9.17) is 9.97 Å². The first kappa shape index (κ1) is 25.4. The molecule has 208 valence electrons. The first-order valence-electron chi connectivity index (χ1n) is 13.9. The number of pyridine rings is 1. The molecule has 0 amide bonds. The van der Waals surface area contributed by atoms with Gasteiger partial charge in [-0.1, -0.05) is 12.1 Å². The standard InChI is InChI=1S/C30H31N9O2/c1-3-12-38-27(40)23-18-32-28(33-21-5-7-22(8-6-21)37-15-13-36(2)14-16-37)35-26(23)39(38)24-9-4-20-17-29(10-11-29)30(41,19-31)25(20)34-24/h3-9,18,41H,1,10-17H2,2H3,(H,32,33,35). The van der Waals surface area contributed by atoms with Crippen LogP contribution in [0.15, 0.2) is 60.0 Å². The highest BCUT2D eigenvalue weighted by Gasteiger charge is 2.65. The fourth-order valence-electron chi connectivity index (χ4n) is 6.21. The molecule has 41 heavy (non-hydrogen) atoms. The number of aromatic nitrogens is 5. The van der Waals surface area contributed by atoms with E-state index in [0.29, 0.717) is 34.9 Å². The average Bonchev–Trinajstić information content (AvgIpc) is 3.67. The van der Waals surface area contributed by atoms with E-state index < -0.39 is 11.0 Å². The summed E-state index contributed by atoms with van der Waals surface area (Å²) < 4.78 is 3.11. The second-order valence-corrected chi connectivity index (χ2v) is 11.3. The van der Waals surface area contributed by atoms with Gasteiger partial charge in [0.1, 0.15) is 11.5 Å². The van der Waals surface area contributed by atoms with Crippen molar-refractivity contribution in [3.05, 3.63) is 76.9 Å². The van der Waals surface area contributed by atoms with E-state index in [1.165, 1.54) is 16.6 Å². The smallest absolute Gasteiger partial charge is 0.278 e. The average molecular weight is 550 g/mol. The number of rotatable bonds is 6. The minimum atomic E-state index is -1.65. The van der Waals surface area contributed by atoms with Crippen LogP contribution in [0.2, 0.25) is 0 Å². The third-order valence-electron chi connectivity index (χ3n) is 8.80. The van der Waals surface area contributed by atoms with Gasteiger partial charge in [-0.25, -0.2) is 19.3 Å². The number of allylic oxidation sites excluding steroid dienone is 1. The number of benzene rings is 1. The highest BCUT2D eigenvalue weighted by atomic mass is 16.3. The molecule has 1 saturated carbocycles. The van der Waals surface area contributed by atoms with Gasteiger partial charge in [0.2, 0.25) is 5.95 Å². The normalized spacial score (nSPS) is 21.1. The second kappa shape index (κ2) is 9.26. The van der Waals surface area contributed by atoms with Crippen molar-refractivity contribution >= 4 is 28.4 Å². The van der Waals surface area contributed by atoms with Crippen molar-refractivity contribution in [3.8, 4) is 11.9 Å². The largest absolute Gasteiger partial charge is 0.370 e. The number of anilines is 3.